The van der Waals surface area contributed by atoms with Crippen molar-refractivity contribution in [2.24, 2.45) is 5.92 Å². The highest BCUT2D eigenvalue weighted by atomic mass is 16.5. The topological polar surface area (TPSA) is 76.2 Å². The first-order valence-electron chi connectivity index (χ1n) is 8.75. The standard InChI is InChI=1S/C19H26N2O5/c1-4-26-18(23)13-20(2)19(24)15-8-9-17(22)21(12-15)11-14-6-5-7-16(10-14)25-3/h5-7,10,15H,4,8-9,11-13H2,1-3H3/t15-/m0/s1. The molecule has 26 heavy (non-hydrogen) atoms. The van der Waals surface area contributed by atoms with Gasteiger partial charge in [0.1, 0.15) is 12.3 Å². The van der Waals surface area contributed by atoms with Crippen LogP contribution in [0.15, 0.2) is 24.3 Å². The van der Waals surface area contributed by atoms with Crippen molar-refractivity contribution < 1.29 is 23.9 Å². The van der Waals surface area contributed by atoms with E-state index in [1.807, 2.05) is 24.3 Å². The van der Waals surface area contributed by atoms with E-state index in [0.29, 0.717) is 25.9 Å². The van der Waals surface area contributed by atoms with E-state index in [1.165, 1.54) is 4.90 Å². The number of amides is 2. The minimum absolute atomic E-state index is 0.0323. The van der Waals surface area contributed by atoms with Crippen molar-refractivity contribution in [1.29, 1.82) is 0 Å². The summed E-state index contributed by atoms with van der Waals surface area (Å²) in [6.07, 6.45) is 0.826. The third-order valence-corrected chi connectivity index (χ3v) is 4.40. The normalized spacial score (nSPS) is 17.0. The highest BCUT2D eigenvalue weighted by molar-refractivity contribution is 5.86. The SMILES string of the molecule is CCOC(=O)CN(C)C(=O)[C@H]1CCC(=O)N(Cc2cccc(OC)c2)C1. The van der Waals surface area contributed by atoms with E-state index in [-0.39, 0.29) is 30.9 Å². The molecule has 0 spiro atoms. The maximum Gasteiger partial charge on any atom is 0.325 e. The van der Waals surface area contributed by atoms with Gasteiger partial charge >= 0.3 is 5.97 Å². The van der Waals surface area contributed by atoms with E-state index in [0.717, 1.165) is 11.3 Å². The summed E-state index contributed by atoms with van der Waals surface area (Å²) < 4.78 is 10.1. The average molecular weight is 362 g/mol. The van der Waals surface area contributed by atoms with Crippen molar-refractivity contribution >= 4 is 17.8 Å². The fourth-order valence-electron chi connectivity index (χ4n) is 3.05. The highest BCUT2D eigenvalue weighted by Crippen LogP contribution is 2.22. The van der Waals surface area contributed by atoms with Crippen LogP contribution in [0.4, 0.5) is 0 Å². The molecule has 2 amide bonds. The maximum absolute atomic E-state index is 12.6. The second-order valence-electron chi connectivity index (χ2n) is 6.36. The van der Waals surface area contributed by atoms with Crippen LogP contribution in [0.1, 0.15) is 25.3 Å². The van der Waals surface area contributed by atoms with Crippen LogP contribution in [-0.2, 0) is 25.7 Å². The molecule has 1 saturated heterocycles. The van der Waals surface area contributed by atoms with Gasteiger partial charge in [-0.2, -0.15) is 0 Å². The summed E-state index contributed by atoms with van der Waals surface area (Å²) in [5.41, 5.74) is 0.950. The van der Waals surface area contributed by atoms with E-state index in [4.69, 9.17) is 9.47 Å². The number of likely N-dealkylation sites (N-methyl/N-ethyl adjacent to an activating group) is 1. The van der Waals surface area contributed by atoms with Crippen molar-refractivity contribution in [1.82, 2.24) is 9.80 Å². The fraction of sp³-hybridized carbons (Fsp3) is 0.526. The Balaban J connectivity index is 1.98. The molecule has 2 rings (SSSR count). The molecule has 1 aromatic carbocycles. The molecule has 1 aromatic rings. The lowest BCUT2D eigenvalue weighted by Gasteiger charge is -2.33. The smallest absolute Gasteiger partial charge is 0.325 e. The molecule has 1 aliphatic heterocycles. The Labute approximate surface area is 153 Å². The Morgan fingerprint density at radius 1 is 1.35 bits per heavy atom. The zero-order valence-electron chi connectivity index (χ0n) is 15.6. The molecule has 1 aliphatic rings. The molecule has 0 saturated carbocycles. The van der Waals surface area contributed by atoms with Gasteiger partial charge in [0.15, 0.2) is 0 Å². The van der Waals surface area contributed by atoms with Crippen molar-refractivity contribution in [2.45, 2.75) is 26.3 Å². The molecule has 1 heterocycles. The van der Waals surface area contributed by atoms with Gasteiger partial charge in [0.05, 0.1) is 19.6 Å². The molecule has 0 aromatic heterocycles. The Morgan fingerprint density at radius 3 is 2.81 bits per heavy atom. The minimum Gasteiger partial charge on any atom is -0.497 e. The Kier molecular flexibility index (Phi) is 7.00. The first-order valence-corrected chi connectivity index (χ1v) is 8.75. The van der Waals surface area contributed by atoms with Gasteiger partial charge in [0.25, 0.3) is 0 Å². The van der Waals surface area contributed by atoms with Crippen molar-refractivity contribution in [3.05, 3.63) is 29.8 Å². The van der Waals surface area contributed by atoms with Gasteiger partial charge in [0, 0.05) is 26.6 Å². The van der Waals surface area contributed by atoms with E-state index >= 15 is 0 Å². The summed E-state index contributed by atoms with van der Waals surface area (Å²) in [7, 11) is 3.18. The number of ether oxygens (including phenoxy) is 2. The second kappa shape index (κ2) is 9.22. The van der Waals surface area contributed by atoms with Gasteiger partial charge in [-0.05, 0) is 31.0 Å². The third-order valence-electron chi connectivity index (χ3n) is 4.40. The molecule has 0 bridgehead atoms. The van der Waals surface area contributed by atoms with Gasteiger partial charge in [-0.1, -0.05) is 12.1 Å². The fourth-order valence-corrected chi connectivity index (χ4v) is 3.05. The summed E-state index contributed by atoms with van der Waals surface area (Å²) in [5.74, 6) is -0.110. The number of methoxy groups -OCH3 is 1. The van der Waals surface area contributed by atoms with Gasteiger partial charge in [0.2, 0.25) is 11.8 Å². The van der Waals surface area contributed by atoms with E-state index < -0.39 is 5.97 Å². The average Bonchev–Trinajstić information content (AvgIpc) is 2.63. The zero-order valence-corrected chi connectivity index (χ0v) is 15.6. The van der Waals surface area contributed by atoms with Crippen molar-refractivity contribution in [3.63, 3.8) is 0 Å². The van der Waals surface area contributed by atoms with Gasteiger partial charge in [-0.15, -0.1) is 0 Å². The van der Waals surface area contributed by atoms with Crippen molar-refractivity contribution in [3.8, 4) is 5.75 Å². The number of piperidine rings is 1. The van der Waals surface area contributed by atoms with Crippen molar-refractivity contribution in [2.75, 3.05) is 33.9 Å². The summed E-state index contributed by atoms with van der Waals surface area (Å²) in [4.78, 5) is 39.5. The molecule has 7 heteroatoms. The quantitative estimate of drug-likeness (QED) is 0.687. The first kappa shape index (κ1) is 19.8. The third kappa shape index (κ3) is 5.21. The number of nitrogens with zero attached hydrogens (tertiary/aromatic N) is 2. The van der Waals surface area contributed by atoms with Crippen LogP contribution >= 0.6 is 0 Å². The second-order valence-corrected chi connectivity index (χ2v) is 6.36. The predicted octanol–water partition coefficient (Wildman–Crippen LogP) is 1.46. The number of rotatable bonds is 7. The summed E-state index contributed by atoms with van der Waals surface area (Å²) in [5, 5.41) is 0. The lowest BCUT2D eigenvalue weighted by atomic mass is 9.95. The Hall–Kier alpha value is -2.57. The van der Waals surface area contributed by atoms with E-state index in [9.17, 15) is 14.4 Å². The van der Waals surface area contributed by atoms with Crippen LogP contribution in [0.25, 0.3) is 0 Å². The molecule has 1 atom stereocenters. The molecule has 0 radical (unpaired) electrons. The Bertz CT molecular complexity index is 661. The molecular weight excluding hydrogens is 336 g/mol. The molecular formula is C19H26N2O5. The molecule has 1 fully saturated rings. The van der Waals surface area contributed by atoms with Crippen LogP contribution in [-0.4, -0.2) is 61.4 Å². The first-order chi connectivity index (χ1) is 12.4. The predicted molar refractivity (Wildman–Crippen MR) is 95.4 cm³/mol. The van der Waals surface area contributed by atoms with Gasteiger partial charge in [-0.25, -0.2) is 0 Å². The lowest BCUT2D eigenvalue weighted by molar-refractivity contribution is -0.151. The number of carbonyl (C=O) groups is 3. The van der Waals surface area contributed by atoms with Crippen LogP contribution < -0.4 is 4.74 Å². The molecule has 0 aliphatic carbocycles. The lowest BCUT2D eigenvalue weighted by Crippen LogP contribution is -2.46. The number of hydrogen-bond donors (Lipinski definition) is 0. The maximum atomic E-state index is 12.6. The monoisotopic (exact) mass is 362 g/mol. The van der Waals surface area contributed by atoms with Crippen LogP contribution in [0.5, 0.6) is 5.75 Å². The summed E-state index contributed by atoms with van der Waals surface area (Å²) in [6, 6.07) is 7.52. The van der Waals surface area contributed by atoms with Crippen LogP contribution in [0.2, 0.25) is 0 Å². The number of likely N-dealkylation sites (tertiary alicyclic amines) is 1. The van der Waals surface area contributed by atoms with E-state index in [1.54, 1.807) is 26.0 Å². The number of carbonyl (C=O) groups excluding carboxylic acids is 3. The zero-order chi connectivity index (χ0) is 19.1. The molecule has 7 nitrogen and oxygen atoms in total. The van der Waals surface area contributed by atoms with Crippen LogP contribution in [0.3, 0.4) is 0 Å². The number of hydrogen-bond acceptors (Lipinski definition) is 5. The largest absolute Gasteiger partial charge is 0.497 e. The number of esters is 1. The Morgan fingerprint density at radius 2 is 2.12 bits per heavy atom. The molecule has 142 valence electrons. The number of benzene rings is 1. The van der Waals surface area contributed by atoms with Gasteiger partial charge < -0.3 is 19.3 Å². The van der Waals surface area contributed by atoms with Gasteiger partial charge in [-0.3, -0.25) is 14.4 Å². The minimum atomic E-state index is -0.427. The summed E-state index contributed by atoms with van der Waals surface area (Å²) >= 11 is 0. The summed E-state index contributed by atoms with van der Waals surface area (Å²) in [6.45, 7) is 2.71. The van der Waals surface area contributed by atoms with E-state index in [2.05, 4.69) is 0 Å². The molecule has 0 unspecified atom stereocenters. The van der Waals surface area contributed by atoms with Crippen LogP contribution in [0, 0.1) is 5.92 Å². The molecule has 0 N–H and O–H groups in total. The highest BCUT2D eigenvalue weighted by Gasteiger charge is 2.32.